The van der Waals surface area contributed by atoms with E-state index >= 15 is 0 Å². The molecule has 0 aromatic heterocycles. The normalized spacial score (nSPS) is 9.27. The molecule has 11 heavy (non-hydrogen) atoms. The zero-order chi connectivity index (χ0) is 8.43. The van der Waals surface area contributed by atoms with Gasteiger partial charge in [-0.05, 0) is 12.1 Å². The fourth-order valence-corrected chi connectivity index (χ4v) is 1.25. The third kappa shape index (κ3) is 1.81. The molecule has 0 amide bonds. The SMILES string of the molecule is N#Cc1cc(Cl)c(S)c(Cl)c1. The van der Waals surface area contributed by atoms with Gasteiger partial charge in [0.25, 0.3) is 0 Å². The molecule has 0 atom stereocenters. The molecule has 0 radical (unpaired) electrons. The van der Waals surface area contributed by atoms with Gasteiger partial charge in [0.2, 0.25) is 0 Å². The number of nitriles is 1. The summed E-state index contributed by atoms with van der Waals surface area (Å²) >= 11 is 15.4. The maximum absolute atomic E-state index is 8.49. The van der Waals surface area contributed by atoms with Crippen molar-refractivity contribution in [3.63, 3.8) is 0 Å². The largest absolute Gasteiger partial charge is 0.192 e. The van der Waals surface area contributed by atoms with E-state index in [9.17, 15) is 0 Å². The fourth-order valence-electron chi connectivity index (χ4n) is 0.630. The Labute approximate surface area is 80.0 Å². The van der Waals surface area contributed by atoms with Gasteiger partial charge in [-0.3, -0.25) is 0 Å². The van der Waals surface area contributed by atoms with Gasteiger partial charge in [-0.25, -0.2) is 0 Å². The Hall–Kier alpha value is -0.360. The van der Waals surface area contributed by atoms with Crippen LogP contribution in [0, 0.1) is 11.3 Å². The Morgan fingerprint density at radius 2 is 1.73 bits per heavy atom. The summed E-state index contributed by atoms with van der Waals surface area (Å²) in [5, 5.41) is 9.29. The van der Waals surface area contributed by atoms with Crippen molar-refractivity contribution in [2.45, 2.75) is 4.90 Å². The van der Waals surface area contributed by atoms with Gasteiger partial charge >= 0.3 is 0 Å². The molecular formula is C7H3Cl2NS. The van der Waals surface area contributed by atoms with Crippen molar-refractivity contribution < 1.29 is 0 Å². The molecule has 1 rings (SSSR count). The highest BCUT2D eigenvalue weighted by Crippen LogP contribution is 2.29. The molecule has 1 nitrogen and oxygen atoms in total. The van der Waals surface area contributed by atoms with Crippen molar-refractivity contribution in [2.75, 3.05) is 0 Å². The molecule has 0 unspecified atom stereocenters. The summed E-state index contributed by atoms with van der Waals surface area (Å²) in [6.45, 7) is 0. The van der Waals surface area contributed by atoms with Gasteiger partial charge < -0.3 is 0 Å². The molecule has 4 heteroatoms. The molecule has 0 fully saturated rings. The van der Waals surface area contributed by atoms with Gasteiger partial charge in [0, 0.05) is 4.90 Å². The molecule has 0 spiro atoms. The summed E-state index contributed by atoms with van der Waals surface area (Å²) in [5.74, 6) is 0. The van der Waals surface area contributed by atoms with Crippen LogP contribution in [-0.2, 0) is 0 Å². The van der Waals surface area contributed by atoms with Crippen LogP contribution >= 0.6 is 35.8 Å². The molecule has 0 saturated heterocycles. The number of thiol groups is 1. The second kappa shape index (κ2) is 3.36. The van der Waals surface area contributed by atoms with E-state index in [4.69, 9.17) is 28.5 Å². The van der Waals surface area contributed by atoms with E-state index < -0.39 is 0 Å². The zero-order valence-electron chi connectivity index (χ0n) is 5.31. The van der Waals surface area contributed by atoms with Crippen molar-refractivity contribution in [3.05, 3.63) is 27.7 Å². The van der Waals surface area contributed by atoms with E-state index in [1.165, 1.54) is 12.1 Å². The monoisotopic (exact) mass is 203 g/mol. The fraction of sp³-hybridized carbons (Fsp3) is 0. The smallest absolute Gasteiger partial charge is 0.0992 e. The summed E-state index contributed by atoms with van der Waals surface area (Å²) < 4.78 is 0. The van der Waals surface area contributed by atoms with Gasteiger partial charge in [0.1, 0.15) is 0 Å². The number of halogens is 2. The Kier molecular flexibility index (Phi) is 2.67. The lowest BCUT2D eigenvalue weighted by atomic mass is 10.2. The van der Waals surface area contributed by atoms with Crippen molar-refractivity contribution in [1.29, 1.82) is 5.26 Å². The minimum Gasteiger partial charge on any atom is -0.192 e. The number of nitrogens with zero attached hydrogens (tertiary/aromatic N) is 1. The van der Waals surface area contributed by atoms with Crippen molar-refractivity contribution in [1.82, 2.24) is 0 Å². The first-order chi connectivity index (χ1) is 5.15. The highest BCUT2D eigenvalue weighted by Gasteiger charge is 2.03. The van der Waals surface area contributed by atoms with E-state index in [0.717, 1.165) is 0 Å². The van der Waals surface area contributed by atoms with Gasteiger partial charge in [-0.15, -0.1) is 12.6 Å². The Morgan fingerprint density at radius 1 is 1.27 bits per heavy atom. The highest BCUT2D eigenvalue weighted by molar-refractivity contribution is 7.80. The van der Waals surface area contributed by atoms with E-state index in [-0.39, 0.29) is 0 Å². The molecule has 0 heterocycles. The van der Waals surface area contributed by atoms with Crippen LogP contribution in [-0.4, -0.2) is 0 Å². The number of hydrogen-bond acceptors (Lipinski definition) is 2. The van der Waals surface area contributed by atoms with Crippen LogP contribution in [0.25, 0.3) is 0 Å². The Morgan fingerprint density at radius 3 is 2.09 bits per heavy atom. The molecule has 0 saturated carbocycles. The molecular weight excluding hydrogens is 201 g/mol. The second-order valence-electron chi connectivity index (χ2n) is 1.90. The van der Waals surface area contributed by atoms with Crippen LogP contribution in [0.3, 0.4) is 0 Å². The molecule has 0 aliphatic heterocycles. The molecule has 56 valence electrons. The third-order valence-electron chi connectivity index (χ3n) is 1.15. The minimum atomic E-state index is 0.400. The van der Waals surface area contributed by atoms with Crippen LogP contribution in [0.1, 0.15) is 5.56 Å². The van der Waals surface area contributed by atoms with Crippen molar-refractivity contribution >= 4 is 35.8 Å². The van der Waals surface area contributed by atoms with E-state index in [0.29, 0.717) is 20.5 Å². The first kappa shape index (κ1) is 8.73. The van der Waals surface area contributed by atoms with E-state index in [1.807, 2.05) is 6.07 Å². The van der Waals surface area contributed by atoms with Gasteiger partial charge in [0.05, 0.1) is 21.7 Å². The van der Waals surface area contributed by atoms with Gasteiger partial charge in [-0.1, -0.05) is 23.2 Å². The van der Waals surface area contributed by atoms with Gasteiger partial charge in [-0.2, -0.15) is 5.26 Å². The molecule has 0 N–H and O–H groups in total. The molecule has 0 aliphatic carbocycles. The highest BCUT2D eigenvalue weighted by atomic mass is 35.5. The van der Waals surface area contributed by atoms with Crippen LogP contribution < -0.4 is 0 Å². The summed E-state index contributed by atoms with van der Waals surface area (Å²) in [5.41, 5.74) is 0.442. The van der Waals surface area contributed by atoms with Crippen molar-refractivity contribution in [2.24, 2.45) is 0 Å². The average Bonchev–Trinajstić information content (AvgIpc) is 1.99. The number of benzene rings is 1. The summed E-state index contributed by atoms with van der Waals surface area (Å²) in [7, 11) is 0. The standard InChI is InChI=1S/C7H3Cl2NS/c8-5-1-4(3-10)2-6(9)7(5)11/h1-2,11H. The van der Waals surface area contributed by atoms with Crippen molar-refractivity contribution in [3.8, 4) is 6.07 Å². The van der Waals surface area contributed by atoms with E-state index in [2.05, 4.69) is 12.6 Å². The average molecular weight is 204 g/mol. The number of rotatable bonds is 0. The lowest BCUT2D eigenvalue weighted by Crippen LogP contribution is -1.77. The maximum Gasteiger partial charge on any atom is 0.0992 e. The maximum atomic E-state index is 8.49. The minimum absolute atomic E-state index is 0.400. The molecule has 0 aliphatic rings. The summed E-state index contributed by atoms with van der Waals surface area (Å²) in [4.78, 5) is 0.507. The third-order valence-corrected chi connectivity index (χ3v) is 2.49. The first-order valence-electron chi connectivity index (χ1n) is 2.73. The topological polar surface area (TPSA) is 23.8 Å². The summed E-state index contributed by atoms with van der Waals surface area (Å²) in [6, 6.07) is 4.98. The molecule has 1 aromatic carbocycles. The number of hydrogen-bond donors (Lipinski definition) is 1. The van der Waals surface area contributed by atoms with E-state index in [1.54, 1.807) is 0 Å². The Balaban J connectivity index is 3.35. The quantitative estimate of drug-likeness (QED) is 0.644. The zero-order valence-corrected chi connectivity index (χ0v) is 7.71. The van der Waals surface area contributed by atoms with Crippen LogP contribution in [0.2, 0.25) is 10.0 Å². The van der Waals surface area contributed by atoms with Crippen LogP contribution in [0.15, 0.2) is 17.0 Å². The summed E-state index contributed by atoms with van der Waals surface area (Å²) in [6.07, 6.45) is 0. The lowest BCUT2D eigenvalue weighted by molar-refractivity contribution is 1.42. The molecule has 1 aromatic rings. The van der Waals surface area contributed by atoms with Gasteiger partial charge in [0.15, 0.2) is 0 Å². The second-order valence-corrected chi connectivity index (χ2v) is 3.16. The van der Waals surface area contributed by atoms with Crippen LogP contribution in [0.5, 0.6) is 0 Å². The van der Waals surface area contributed by atoms with Crippen LogP contribution in [0.4, 0.5) is 0 Å². The first-order valence-corrected chi connectivity index (χ1v) is 3.93. The lowest BCUT2D eigenvalue weighted by Gasteiger charge is -1.98. The predicted octanol–water partition coefficient (Wildman–Crippen LogP) is 3.15. The Bertz CT molecular complexity index is 307. The predicted molar refractivity (Wildman–Crippen MR) is 48.4 cm³/mol. The molecule has 0 bridgehead atoms.